The number of anilines is 1. The molecule has 0 saturated carbocycles. The first-order valence-corrected chi connectivity index (χ1v) is 9.19. The summed E-state index contributed by atoms with van der Waals surface area (Å²) in [7, 11) is 0. The average molecular weight is 393 g/mol. The zero-order valence-corrected chi connectivity index (χ0v) is 15.6. The predicted octanol–water partition coefficient (Wildman–Crippen LogP) is 5.67. The van der Waals surface area contributed by atoms with Crippen molar-refractivity contribution in [1.82, 2.24) is 4.90 Å². The molecular formula is C19H18F3N3OS. The molecule has 0 spiro atoms. The van der Waals surface area contributed by atoms with Gasteiger partial charge in [-0.1, -0.05) is 43.0 Å². The number of alkyl halides is 3. The van der Waals surface area contributed by atoms with E-state index in [1.807, 2.05) is 38.1 Å². The molecule has 4 nitrogen and oxygen atoms in total. The maximum Gasteiger partial charge on any atom is 0.416 e. The summed E-state index contributed by atoms with van der Waals surface area (Å²) in [6, 6.07) is 11.6. The number of carbonyl (C=O) groups excluding carboxylic acids is 1. The number of aryl methyl sites for hydroxylation is 1. The summed E-state index contributed by atoms with van der Waals surface area (Å²) < 4.78 is 38.6. The highest BCUT2D eigenvalue weighted by Crippen LogP contribution is 2.32. The van der Waals surface area contributed by atoms with E-state index >= 15 is 0 Å². The molecular weight excluding hydrogens is 375 g/mol. The molecule has 0 aromatic heterocycles. The molecule has 1 aliphatic rings. The van der Waals surface area contributed by atoms with Crippen molar-refractivity contribution in [2.24, 2.45) is 4.99 Å². The van der Waals surface area contributed by atoms with Crippen LogP contribution in [0.2, 0.25) is 0 Å². The molecule has 8 heteroatoms. The highest BCUT2D eigenvalue weighted by atomic mass is 32.2. The summed E-state index contributed by atoms with van der Waals surface area (Å²) in [5, 5.41) is 3.21. The minimum absolute atomic E-state index is 0.0922. The van der Waals surface area contributed by atoms with E-state index in [1.165, 1.54) is 28.8 Å². The molecule has 3 rings (SSSR count). The monoisotopic (exact) mass is 393 g/mol. The Labute approximate surface area is 159 Å². The van der Waals surface area contributed by atoms with Crippen molar-refractivity contribution in [2.75, 3.05) is 11.9 Å². The van der Waals surface area contributed by atoms with Crippen LogP contribution in [0.15, 0.2) is 53.5 Å². The van der Waals surface area contributed by atoms with Crippen LogP contribution in [0.5, 0.6) is 0 Å². The van der Waals surface area contributed by atoms with E-state index < -0.39 is 17.8 Å². The Balaban J connectivity index is 1.82. The van der Waals surface area contributed by atoms with Crippen LogP contribution in [0.4, 0.5) is 29.3 Å². The molecule has 27 heavy (non-hydrogen) atoms. The number of urea groups is 1. The van der Waals surface area contributed by atoms with Gasteiger partial charge in [0, 0.05) is 17.5 Å². The molecule has 1 saturated heterocycles. The lowest BCUT2D eigenvalue weighted by atomic mass is 10.2. The molecule has 1 heterocycles. The normalized spacial score (nSPS) is 18.8. The number of amidine groups is 1. The van der Waals surface area contributed by atoms with Gasteiger partial charge in [-0.2, -0.15) is 13.2 Å². The number of benzene rings is 2. The molecule has 1 aliphatic heterocycles. The molecule has 142 valence electrons. The standard InChI is InChI=1S/C19H18F3N3OS/c1-12-6-3-4-9-16(12)24-18-25(11-13(2)27-18)17(26)23-15-8-5-7-14(10-15)19(20,21)22/h3-10,13H,11H2,1-2H3,(H,23,26). The van der Waals surface area contributed by atoms with Crippen LogP contribution in [0, 0.1) is 6.92 Å². The van der Waals surface area contributed by atoms with Crippen molar-refractivity contribution in [1.29, 1.82) is 0 Å². The molecule has 0 bridgehead atoms. The van der Waals surface area contributed by atoms with E-state index in [9.17, 15) is 18.0 Å². The number of halogens is 3. The first kappa shape index (κ1) is 19.3. The predicted molar refractivity (Wildman–Crippen MR) is 102 cm³/mol. The van der Waals surface area contributed by atoms with Gasteiger partial charge in [-0.25, -0.2) is 9.79 Å². The molecule has 2 aromatic carbocycles. The maximum atomic E-state index is 12.9. The van der Waals surface area contributed by atoms with E-state index in [2.05, 4.69) is 10.3 Å². The van der Waals surface area contributed by atoms with Crippen molar-refractivity contribution in [3.8, 4) is 0 Å². The number of hydrogen-bond acceptors (Lipinski definition) is 3. The van der Waals surface area contributed by atoms with E-state index in [1.54, 1.807) is 0 Å². The van der Waals surface area contributed by atoms with Crippen LogP contribution < -0.4 is 5.32 Å². The maximum absolute atomic E-state index is 12.9. The highest BCUT2D eigenvalue weighted by molar-refractivity contribution is 8.14. The van der Waals surface area contributed by atoms with Gasteiger partial charge in [-0.05, 0) is 36.8 Å². The van der Waals surface area contributed by atoms with Crippen LogP contribution >= 0.6 is 11.8 Å². The lowest BCUT2D eigenvalue weighted by Crippen LogP contribution is -2.36. The lowest BCUT2D eigenvalue weighted by molar-refractivity contribution is -0.137. The Morgan fingerprint density at radius 3 is 2.67 bits per heavy atom. The van der Waals surface area contributed by atoms with Crippen LogP contribution in [0.25, 0.3) is 0 Å². The molecule has 1 unspecified atom stereocenters. The van der Waals surface area contributed by atoms with Gasteiger partial charge in [0.25, 0.3) is 0 Å². The number of carbonyl (C=O) groups is 1. The number of hydrogen-bond donors (Lipinski definition) is 1. The van der Waals surface area contributed by atoms with Gasteiger partial charge in [0.1, 0.15) is 0 Å². The second kappa shape index (κ2) is 7.64. The minimum atomic E-state index is -4.46. The van der Waals surface area contributed by atoms with Gasteiger partial charge < -0.3 is 5.32 Å². The number of para-hydroxylation sites is 1. The summed E-state index contributed by atoms with van der Waals surface area (Å²) in [5.41, 5.74) is 1.02. The largest absolute Gasteiger partial charge is 0.416 e. The Morgan fingerprint density at radius 2 is 1.96 bits per heavy atom. The first-order valence-electron chi connectivity index (χ1n) is 8.31. The molecule has 2 amide bonds. The van der Waals surface area contributed by atoms with Crippen molar-refractivity contribution in [3.05, 3.63) is 59.7 Å². The fraction of sp³-hybridized carbons (Fsp3) is 0.263. The number of aliphatic imine (C=N–C) groups is 1. The Morgan fingerprint density at radius 1 is 1.22 bits per heavy atom. The first-order chi connectivity index (χ1) is 12.7. The Kier molecular flexibility index (Phi) is 5.46. The molecule has 0 aliphatic carbocycles. The van der Waals surface area contributed by atoms with Gasteiger partial charge in [-0.3, -0.25) is 4.90 Å². The third-order valence-corrected chi connectivity index (χ3v) is 5.07. The average Bonchev–Trinajstić information content (AvgIpc) is 2.97. The fourth-order valence-corrected chi connectivity index (χ4v) is 3.65. The van der Waals surface area contributed by atoms with Crippen molar-refractivity contribution in [3.63, 3.8) is 0 Å². The Hall–Kier alpha value is -2.48. The number of amides is 2. The smallest absolute Gasteiger partial charge is 0.307 e. The molecule has 2 aromatic rings. The highest BCUT2D eigenvalue weighted by Gasteiger charge is 2.32. The minimum Gasteiger partial charge on any atom is -0.307 e. The summed E-state index contributed by atoms with van der Waals surface area (Å²) in [4.78, 5) is 18.7. The van der Waals surface area contributed by atoms with Gasteiger partial charge >= 0.3 is 12.2 Å². The van der Waals surface area contributed by atoms with Crippen molar-refractivity contribution in [2.45, 2.75) is 25.3 Å². The van der Waals surface area contributed by atoms with Crippen molar-refractivity contribution >= 4 is 34.3 Å². The van der Waals surface area contributed by atoms with Gasteiger partial charge in [0.05, 0.1) is 11.3 Å². The number of thioether (sulfide) groups is 1. The fourth-order valence-electron chi connectivity index (χ4n) is 2.63. The van der Waals surface area contributed by atoms with Gasteiger partial charge in [0.15, 0.2) is 5.17 Å². The van der Waals surface area contributed by atoms with Gasteiger partial charge in [-0.15, -0.1) is 0 Å². The Bertz CT molecular complexity index is 882. The van der Waals surface area contributed by atoms with E-state index in [0.717, 1.165) is 23.4 Å². The van der Waals surface area contributed by atoms with Gasteiger partial charge in [0.2, 0.25) is 0 Å². The molecule has 1 N–H and O–H groups in total. The van der Waals surface area contributed by atoms with E-state index in [4.69, 9.17) is 0 Å². The molecule has 0 radical (unpaired) electrons. The summed E-state index contributed by atoms with van der Waals surface area (Å²) in [6.45, 7) is 4.32. The number of nitrogens with zero attached hydrogens (tertiary/aromatic N) is 2. The second-order valence-electron chi connectivity index (χ2n) is 6.23. The van der Waals surface area contributed by atoms with Crippen LogP contribution in [-0.4, -0.2) is 27.9 Å². The summed E-state index contributed by atoms with van der Waals surface area (Å²) >= 11 is 1.46. The molecule has 1 atom stereocenters. The zero-order valence-electron chi connectivity index (χ0n) is 14.7. The summed E-state index contributed by atoms with van der Waals surface area (Å²) in [5.74, 6) is 0. The zero-order chi connectivity index (χ0) is 19.6. The lowest BCUT2D eigenvalue weighted by Gasteiger charge is -2.18. The number of nitrogens with one attached hydrogen (secondary N) is 1. The van der Waals surface area contributed by atoms with Crippen LogP contribution in [0.1, 0.15) is 18.1 Å². The quantitative estimate of drug-likeness (QED) is 0.714. The van der Waals surface area contributed by atoms with Crippen molar-refractivity contribution < 1.29 is 18.0 Å². The third-order valence-electron chi connectivity index (χ3n) is 4.00. The SMILES string of the molecule is Cc1ccccc1N=C1SC(C)CN1C(=O)Nc1cccc(C(F)(F)F)c1. The van der Waals surface area contributed by atoms with E-state index in [-0.39, 0.29) is 10.9 Å². The van der Waals surface area contributed by atoms with Crippen LogP contribution in [0.3, 0.4) is 0 Å². The summed E-state index contributed by atoms with van der Waals surface area (Å²) in [6.07, 6.45) is -4.46. The topological polar surface area (TPSA) is 44.7 Å². The third kappa shape index (κ3) is 4.63. The van der Waals surface area contributed by atoms with E-state index in [0.29, 0.717) is 11.7 Å². The number of rotatable bonds is 2. The molecule has 1 fully saturated rings. The second-order valence-corrected chi connectivity index (χ2v) is 7.63. The van der Waals surface area contributed by atoms with Crippen LogP contribution in [-0.2, 0) is 6.18 Å².